The Morgan fingerprint density at radius 1 is 1.00 bits per heavy atom. The fourth-order valence-corrected chi connectivity index (χ4v) is 2.41. The fraction of sp³-hybridized carbons (Fsp3) is 0.348. The average molecular weight is 412 g/mol. The van der Waals surface area contributed by atoms with Crippen LogP contribution in [0.15, 0.2) is 48.5 Å². The molecule has 30 heavy (non-hydrogen) atoms. The molecule has 2 aromatic rings. The highest BCUT2D eigenvalue weighted by molar-refractivity contribution is 5.97. The number of carbonyl (C=O) groups is 3. The summed E-state index contributed by atoms with van der Waals surface area (Å²) in [5.74, 6) is -0.333. The van der Waals surface area contributed by atoms with E-state index in [0.29, 0.717) is 22.7 Å². The molecule has 3 amide bonds. The Kier molecular flexibility index (Phi) is 7.21. The zero-order valence-electron chi connectivity index (χ0n) is 18.3. The minimum absolute atomic E-state index is 0.0316. The maximum absolute atomic E-state index is 12.5. The van der Waals surface area contributed by atoms with Crippen molar-refractivity contribution in [2.75, 3.05) is 17.3 Å². The molecular weight excluding hydrogens is 382 g/mol. The van der Waals surface area contributed by atoms with Crippen LogP contribution in [0.2, 0.25) is 0 Å². The number of hydrogen-bond donors (Lipinski definition) is 2. The lowest BCUT2D eigenvalue weighted by Crippen LogP contribution is -2.40. The first-order chi connectivity index (χ1) is 14.0. The number of rotatable bonds is 5. The van der Waals surface area contributed by atoms with Crippen molar-refractivity contribution in [3.63, 3.8) is 0 Å². The van der Waals surface area contributed by atoms with Gasteiger partial charge in [-0.1, -0.05) is 26.8 Å². The Hall–Kier alpha value is -3.35. The zero-order chi connectivity index (χ0) is 22.5. The summed E-state index contributed by atoms with van der Waals surface area (Å²) in [6.45, 7) is 9.21. The quantitative estimate of drug-likeness (QED) is 0.562. The average Bonchev–Trinajstić information content (AvgIpc) is 2.67. The summed E-state index contributed by atoms with van der Waals surface area (Å²) in [5.41, 5.74) is 0.967. The zero-order valence-corrected chi connectivity index (χ0v) is 18.3. The molecule has 0 radical (unpaired) electrons. The molecule has 0 aliphatic carbocycles. The molecule has 0 bridgehead atoms. The topological polar surface area (TPSA) is 87.7 Å². The van der Waals surface area contributed by atoms with Gasteiger partial charge in [-0.05, 0) is 56.3 Å². The van der Waals surface area contributed by atoms with E-state index in [2.05, 4.69) is 10.6 Å². The van der Waals surface area contributed by atoms with Gasteiger partial charge in [0.2, 0.25) is 5.91 Å². The van der Waals surface area contributed by atoms with Crippen LogP contribution in [0, 0.1) is 5.41 Å². The molecule has 7 heteroatoms. The SMILES string of the molecule is CC(C)NC(=O)N(C)c1ccc(OC(=O)c2cccc(NC(=O)C(C)(C)C)c2)cc1. The molecule has 160 valence electrons. The van der Waals surface area contributed by atoms with Gasteiger partial charge >= 0.3 is 12.0 Å². The van der Waals surface area contributed by atoms with Gasteiger partial charge in [0.25, 0.3) is 0 Å². The Morgan fingerprint density at radius 2 is 1.63 bits per heavy atom. The summed E-state index contributed by atoms with van der Waals surface area (Å²) in [4.78, 5) is 38.2. The molecule has 0 atom stereocenters. The minimum Gasteiger partial charge on any atom is -0.423 e. The van der Waals surface area contributed by atoms with Crippen molar-refractivity contribution >= 4 is 29.3 Å². The number of ether oxygens (including phenoxy) is 1. The van der Waals surface area contributed by atoms with Crippen molar-refractivity contribution < 1.29 is 19.1 Å². The molecular formula is C23H29N3O4. The van der Waals surface area contributed by atoms with E-state index in [1.165, 1.54) is 4.90 Å². The number of benzene rings is 2. The molecule has 0 saturated heterocycles. The van der Waals surface area contributed by atoms with Crippen LogP contribution in [0.4, 0.5) is 16.2 Å². The van der Waals surface area contributed by atoms with Crippen molar-refractivity contribution in [3.8, 4) is 5.75 Å². The monoisotopic (exact) mass is 411 g/mol. The lowest BCUT2D eigenvalue weighted by molar-refractivity contribution is -0.123. The van der Waals surface area contributed by atoms with Gasteiger partial charge in [0.1, 0.15) is 5.75 Å². The van der Waals surface area contributed by atoms with Gasteiger partial charge in [0, 0.05) is 29.9 Å². The summed E-state index contributed by atoms with van der Waals surface area (Å²) >= 11 is 0. The lowest BCUT2D eigenvalue weighted by Gasteiger charge is -2.20. The largest absolute Gasteiger partial charge is 0.423 e. The molecule has 0 aliphatic rings. The van der Waals surface area contributed by atoms with E-state index in [9.17, 15) is 14.4 Å². The van der Waals surface area contributed by atoms with Crippen LogP contribution >= 0.6 is 0 Å². The van der Waals surface area contributed by atoms with Crippen LogP contribution in [-0.2, 0) is 4.79 Å². The normalized spacial score (nSPS) is 11.0. The number of urea groups is 1. The van der Waals surface area contributed by atoms with Crippen LogP contribution in [0.1, 0.15) is 45.0 Å². The maximum atomic E-state index is 12.5. The second-order valence-corrected chi connectivity index (χ2v) is 8.33. The summed E-state index contributed by atoms with van der Waals surface area (Å²) in [6.07, 6.45) is 0. The molecule has 0 unspecified atom stereocenters. The van der Waals surface area contributed by atoms with Gasteiger partial charge in [-0.25, -0.2) is 9.59 Å². The van der Waals surface area contributed by atoms with E-state index in [-0.39, 0.29) is 18.0 Å². The molecule has 0 fully saturated rings. The van der Waals surface area contributed by atoms with Gasteiger partial charge in [-0.3, -0.25) is 9.69 Å². The van der Waals surface area contributed by atoms with Crippen molar-refractivity contribution in [1.82, 2.24) is 5.32 Å². The molecule has 7 nitrogen and oxygen atoms in total. The number of esters is 1. The number of carbonyl (C=O) groups excluding carboxylic acids is 3. The third-order valence-corrected chi connectivity index (χ3v) is 4.19. The predicted octanol–water partition coefficient (Wildman–Crippen LogP) is 4.44. The molecule has 0 spiro atoms. The summed E-state index contributed by atoms with van der Waals surface area (Å²) in [7, 11) is 1.66. The molecule has 0 saturated carbocycles. The predicted molar refractivity (Wildman–Crippen MR) is 118 cm³/mol. The van der Waals surface area contributed by atoms with E-state index in [0.717, 1.165) is 0 Å². The number of anilines is 2. The highest BCUT2D eigenvalue weighted by Gasteiger charge is 2.21. The first-order valence-electron chi connectivity index (χ1n) is 9.75. The Bertz CT molecular complexity index is 915. The van der Waals surface area contributed by atoms with Crippen LogP contribution in [0.25, 0.3) is 0 Å². The number of nitrogens with zero attached hydrogens (tertiary/aromatic N) is 1. The van der Waals surface area contributed by atoms with E-state index in [1.807, 2.05) is 34.6 Å². The third kappa shape index (κ3) is 6.34. The van der Waals surface area contributed by atoms with Crippen molar-refractivity contribution in [3.05, 3.63) is 54.1 Å². The van der Waals surface area contributed by atoms with E-state index < -0.39 is 11.4 Å². The number of nitrogens with one attached hydrogen (secondary N) is 2. The van der Waals surface area contributed by atoms with Gasteiger partial charge in [-0.15, -0.1) is 0 Å². The van der Waals surface area contributed by atoms with E-state index >= 15 is 0 Å². The Balaban J connectivity index is 2.05. The standard InChI is InChI=1S/C23H29N3O4/c1-15(2)24-22(29)26(6)18-10-12-19(13-11-18)30-20(27)16-8-7-9-17(14-16)25-21(28)23(3,4)5/h7-15H,1-6H3,(H,24,29)(H,25,28). The molecule has 0 aliphatic heterocycles. The third-order valence-electron chi connectivity index (χ3n) is 4.19. The van der Waals surface area contributed by atoms with E-state index in [1.54, 1.807) is 55.6 Å². The van der Waals surface area contributed by atoms with Crippen LogP contribution in [-0.4, -0.2) is 31.0 Å². The molecule has 2 rings (SSSR count). The molecule has 0 aromatic heterocycles. The van der Waals surface area contributed by atoms with Crippen molar-refractivity contribution in [2.45, 2.75) is 40.7 Å². The second kappa shape index (κ2) is 9.43. The van der Waals surface area contributed by atoms with E-state index in [4.69, 9.17) is 4.74 Å². The van der Waals surface area contributed by atoms with Gasteiger partial charge < -0.3 is 15.4 Å². The lowest BCUT2D eigenvalue weighted by atomic mass is 9.95. The summed E-state index contributed by atoms with van der Waals surface area (Å²) in [6, 6.07) is 13.0. The first kappa shape index (κ1) is 22.9. The van der Waals surface area contributed by atoms with Crippen LogP contribution < -0.4 is 20.3 Å². The van der Waals surface area contributed by atoms with Crippen molar-refractivity contribution in [2.24, 2.45) is 5.41 Å². The second-order valence-electron chi connectivity index (χ2n) is 8.33. The molecule has 2 N–H and O–H groups in total. The van der Waals surface area contributed by atoms with Gasteiger partial charge in [0.05, 0.1) is 5.56 Å². The highest BCUT2D eigenvalue weighted by Crippen LogP contribution is 2.21. The maximum Gasteiger partial charge on any atom is 0.343 e. The Morgan fingerprint density at radius 3 is 2.20 bits per heavy atom. The Labute approximate surface area is 177 Å². The minimum atomic E-state index is -0.544. The number of hydrogen-bond acceptors (Lipinski definition) is 4. The van der Waals surface area contributed by atoms with Gasteiger partial charge in [-0.2, -0.15) is 0 Å². The van der Waals surface area contributed by atoms with Crippen molar-refractivity contribution in [1.29, 1.82) is 0 Å². The summed E-state index contributed by atoms with van der Waals surface area (Å²) < 4.78 is 5.42. The van der Waals surface area contributed by atoms with Gasteiger partial charge in [0.15, 0.2) is 0 Å². The van der Waals surface area contributed by atoms with Crippen LogP contribution in [0.5, 0.6) is 5.75 Å². The molecule has 2 aromatic carbocycles. The first-order valence-corrected chi connectivity index (χ1v) is 9.75. The highest BCUT2D eigenvalue weighted by atomic mass is 16.5. The van der Waals surface area contributed by atoms with Crippen LogP contribution in [0.3, 0.4) is 0 Å². The fourth-order valence-electron chi connectivity index (χ4n) is 2.41. The summed E-state index contributed by atoms with van der Waals surface area (Å²) in [5, 5.41) is 5.60. The smallest absolute Gasteiger partial charge is 0.343 e. The number of amides is 3. The molecule has 0 heterocycles.